The van der Waals surface area contributed by atoms with E-state index in [1.807, 2.05) is 60.8 Å². The number of thioether (sulfide) groups is 2. The minimum Gasteiger partial charge on any atom is -0.493 e. The Hall–Kier alpha value is -4.72. The van der Waals surface area contributed by atoms with Gasteiger partial charge in [0, 0.05) is 24.5 Å². The summed E-state index contributed by atoms with van der Waals surface area (Å²) in [5.74, 6) is 0.911. The van der Waals surface area contributed by atoms with Crippen LogP contribution in [0, 0.1) is 0 Å². The van der Waals surface area contributed by atoms with E-state index in [1.54, 1.807) is 32.2 Å². The molecular formula is C40H44N4O7S2. The Labute approximate surface area is 318 Å². The molecule has 2 fully saturated rings. The monoisotopic (exact) mass is 756 g/mol. The standard InChI is InChI=1S/C20H22N2O4S.C20H22N2O3S/c1-3-13-6-9-16(21-11-13)17(23)12-26-15-7-4-14(5-8-15)10-20(2)18(24)22-19(25)27-20;1-3-14-4-7-16(21-13-14)10-11-25-17-8-5-15(6-9-17)12-20(2)18(23)22-19(24)26-20/h4-9,11,17,23H,3,10,12H2,1-2H3,(H,22,24,25);4-9,13H,3,10-12H2,1-2H3,(H,22,23,24). The molecule has 2 aliphatic rings. The molecule has 3 atom stereocenters. The van der Waals surface area contributed by atoms with Gasteiger partial charge in [0.15, 0.2) is 0 Å². The molecule has 0 aliphatic carbocycles. The first-order chi connectivity index (χ1) is 25.4. The van der Waals surface area contributed by atoms with Crippen LogP contribution in [-0.2, 0) is 41.7 Å². The number of amides is 4. The number of carbonyl (C=O) groups is 4. The van der Waals surface area contributed by atoms with Gasteiger partial charge in [0.05, 0.1) is 12.3 Å². The fraction of sp³-hybridized carbons (Fsp3) is 0.350. The quantitative estimate of drug-likeness (QED) is 0.128. The molecule has 11 nitrogen and oxygen atoms in total. The van der Waals surface area contributed by atoms with Crippen LogP contribution in [0.15, 0.2) is 85.2 Å². The summed E-state index contributed by atoms with van der Waals surface area (Å²) in [7, 11) is 0. The average molecular weight is 757 g/mol. The van der Waals surface area contributed by atoms with Crippen LogP contribution in [0.4, 0.5) is 9.59 Å². The van der Waals surface area contributed by atoms with Crippen molar-refractivity contribution in [2.45, 2.75) is 75.4 Å². The van der Waals surface area contributed by atoms with Gasteiger partial charge in [-0.15, -0.1) is 0 Å². The number of aromatic nitrogens is 2. The minimum atomic E-state index is -0.806. The molecule has 3 N–H and O–H groups in total. The number of aryl methyl sites for hydroxylation is 2. The number of benzene rings is 2. The lowest BCUT2D eigenvalue weighted by atomic mass is 9.99. The van der Waals surface area contributed by atoms with Gasteiger partial charge in [0.1, 0.15) is 33.7 Å². The second-order valence-corrected chi connectivity index (χ2v) is 16.1. The van der Waals surface area contributed by atoms with Gasteiger partial charge < -0.3 is 14.6 Å². The molecule has 4 aromatic rings. The van der Waals surface area contributed by atoms with Crippen molar-refractivity contribution in [3.05, 3.63) is 119 Å². The van der Waals surface area contributed by atoms with Crippen LogP contribution in [0.25, 0.3) is 0 Å². The molecule has 278 valence electrons. The maximum absolute atomic E-state index is 11.9. The van der Waals surface area contributed by atoms with E-state index in [0.29, 0.717) is 30.9 Å². The highest BCUT2D eigenvalue weighted by molar-refractivity contribution is 8.16. The van der Waals surface area contributed by atoms with Crippen molar-refractivity contribution in [3.63, 3.8) is 0 Å². The van der Waals surface area contributed by atoms with Crippen LogP contribution in [0.1, 0.15) is 67.4 Å². The van der Waals surface area contributed by atoms with Crippen LogP contribution in [0.3, 0.4) is 0 Å². The Morgan fingerprint density at radius 1 is 0.660 bits per heavy atom. The third-order valence-electron chi connectivity index (χ3n) is 8.88. The summed E-state index contributed by atoms with van der Waals surface area (Å²) in [6, 6.07) is 22.9. The molecule has 2 aromatic carbocycles. The summed E-state index contributed by atoms with van der Waals surface area (Å²) >= 11 is 2.07. The van der Waals surface area contributed by atoms with Crippen molar-refractivity contribution in [1.82, 2.24) is 20.6 Å². The van der Waals surface area contributed by atoms with Gasteiger partial charge in [-0.25, -0.2) is 0 Å². The number of rotatable bonds is 14. The topological polar surface area (TPSA) is 157 Å². The number of carbonyl (C=O) groups excluding carboxylic acids is 4. The van der Waals surface area contributed by atoms with E-state index in [4.69, 9.17) is 9.47 Å². The third-order valence-corrected chi connectivity index (χ3v) is 11.0. The molecule has 0 saturated carbocycles. The average Bonchev–Trinajstić information content (AvgIpc) is 3.56. The SMILES string of the molecule is CCc1ccc(C(O)COc2ccc(CC3(C)SC(=O)NC3=O)cc2)nc1.CCc1ccc(CCOc2ccc(CC3(C)SC(=O)NC3=O)cc2)nc1. The fourth-order valence-electron chi connectivity index (χ4n) is 5.61. The maximum Gasteiger partial charge on any atom is 0.286 e. The number of nitrogens with one attached hydrogen (secondary N) is 2. The summed E-state index contributed by atoms with van der Waals surface area (Å²) in [5.41, 5.74) is 5.86. The van der Waals surface area contributed by atoms with E-state index in [9.17, 15) is 24.3 Å². The molecule has 0 radical (unpaired) electrons. The molecule has 2 aliphatic heterocycles. The van der Waals surface area contributed by atoms with E-state index in [-0.39, 0.29) is 28.9 Å². The van der Waals surface area contributed by atoms with Crippen molar-refractivity contribution >= 4 is 45.8 Å². The van der Waals surface area contributed by atoms with E-state index >= 15 is 0 Å². The van der Waals surface area contributed by atoms with Crippen molar-refractivity contribution in [1.29, 1.82) is 0 Å². The molecule has 4 amide bonds. The summed E-state index contributed by atoms with van der Waals surface area (Å²) < 4.78 is 9.89. The zero-order valence-corrected chi connectivity index (χ0v) is 31.9. The van der Waals surface area contributed by atoms with Gasteiger partial charge in [-0.05, 0) is 122 Å². The highest BCUT2D eigenvalue weighted by Crippen LogP contribution is 2.36. The summed E-state index contributed by atoms with van der Waals surface area (Å²) in [4.78, 5) is 55.3. The molecule has 2 aromatic heterocycles. The Morgan fingerprint density at radius 2 is 1.13 bits per heavy atom. The van der Waals surface area contributed by atoms with E-state index in [1.165, 1.54) is 5.56 Å². The van der Waals surface area contributed by atoms with Crippen LogP contribution in [-0.4, -0.2) is 60.1 Å². The van der Waals surface area contributed by atoms with Crippen molar-refractivity contribution < 1.29 is 33.8 Å². The van der Waals surface area contributed by atoms with Crippen LogP contribution in [0.2, 0.25) is 0 Å². The van der Waals surface area contributed by atoms with Crippen LogP contribution in [0.5, 0.6) is 11.5 Å². The summed E-state index contributed by atoms with van der Waals surface area (Å²) in [5, 5.41) is 14.3. The molecule has 0 bridgehead atoms. The predicted octanol–water partition coefficient (Wildman–Crippen LogP) is 6.59. The Morgan fingerprint density at radius 3 is 1.55 bits per heavy atom. The molecular weight excluding hydrogens is 713 g/mol. The maximum atomic E-state index is 11.9. The lowest BCUT2D eigenvalue weighted by Crippen LogP contribution is -2.35. The first kappa shape index (κ1) is 39.5. The molecule has 3 unspecified atom stereocenters. The van der Waals surface area contributed by atoms with Gasteiger partial charge in [-0.1, -0.05) is 50.2 Å². The number of nitrogens with zero attached hydrogens (tertiary/aromatic N) is 2. The van der Waals surface area contributed by atoms with Crippen LogP contribution < -0.4 is 20.1 Å². The molecule has 6 rings (SSSR count). The van der Waals surface area contributed by atoms with Crippen molar-refractivity contribution in [3.8, 4) is 11.5 Å². The Kier molecular flexibility index (Phi) is 13.3. The van der Waals surface area contributed by atoms with E-state index in [0.717, 1.165) is 70.9 Å². The highest BCUT2D eigenvalue weighted by Gasteiger charge is 2.44. The van der Waals surface area contributed by atoms with Crippen molar-refractivity contribution in [2.75, 3.05) is 13.2 Å². The fourth-order valence-corrected chi connectivity index (χ4v) is 7.48. The van der Waals surface area contributed by atoms with Gasteiger partial charge in [-0.3, -0.25) is 39.8 Å². The Bertz CT molecular complexity index is 1890. The zero-order chi connectivity index (χ0) is 38.0. The van der Waals surface area contributed by atoms with Crippen LogP contribution >= 0.6 is 23.5 Å². The van der Waals surface area contributed by atoms with Gasteiger partial charge in [-0.2, -0.15) is 0 Å². The number of aliphatic hydroxyl groups excluding tert-OH is 1. The predicted molar refractivity (Wildman–Crippen MR) is 206 cm³/mol. The normalized spacial score (nSPS) is 19.9. The molecule has 53 heavy (non-hydrogen) atoms. The van der Waals surface area contributed by atoms with E-state index in [2.05, 4.69) is 40.5 Å². The highest BCUT2D eigenvalue weighted by atomic mass is 32.2. The largest absolute Gasteiger partial charge is 0.493 e. The van der Waals surface area contributed by atoms with Gasteiger partial charge in [0.2, 0.25) is 11.8 Å². The summed E-state index contributed by atoms with van der Waals surface area (Å²) in [6.07, 6.45) is 6.46. The number of ether oxygens (including phenoxy) is 2. The number of aliphatic hydroxyl groups is 1. The lowest BCUT2D eigenvalue weighted by Gasteiger charge is -2.18. The zero-order valence-electron chi connectivity index (χ0n) is 30.2. The summed E-state index contributed by atoms with van der Waals surface area (Å²) in [6.45, 7) is 8.37. The first-order valence-electron chi connectivity index (χ1n) is 17.5. The first-order valence-corrected chi connectivity index (χ1v) is 19.1. The van der Waals surface area contributed by atoms with Gasteiger partial charge in [0.25, 0.3) is 10.5 Å². The smallest absolute Gasteiger partial charge is 0.286 e. The molecule has 4 heterocycles. The number of pyridine rings is 2. The van der Waals surface area contributed by atoms with Crippen molar-refractivity contribution in [2.24, 2.45) is 0 Å². The molecule has 13 heteroatoms. The Balaban J connectivity index is 0.000000204. The van der Waals surface area contributed by atoms with Gasteiger partial charge >= 0.3 is 0 Å². The minimum absolute atomic E-state index is 0.0995. The lowest BCUT2D eigenvalue weighted by molar-refractivity contribution is -0.122. The van der Waals surface area contributed by atoms with E-state index < -0.39 is 15.6 Å². The number of imide groups is 2. The molecule has 2 saturated heterocycles. The third kappa shape index (κ3) is 10.9. The second-order valence-electron chi connectivity index (χ2n) is 13.2. The number of hydrogen-bond donors (Lipinski definition) is 3. The second kappa shape index (κ2) is 17.9. The number of hydrogen-bond acceptors (Lipinski definition) is 11. The molecule has 0 spiro atoms.